The molecule has 4 bridgehead atoms. The molecule has 2 aliphatic carbocycles. The maximum absolute atomic E-state index is 13.2. The SMILES string of the molecule is CC12CCC(C)(C1)C1C2C2(C)NC1(C)C(OC(=O)c1ccccc1)C2OC(=O)c1ccccc1. The summed E-state index contributed by atoms with van der Waals surface area (Å²) in [5, 5.41) is 3.89. The summed E-state index contributed by atoms with van der Waals surface area (Å²) in [5.41, 5.74) is 0.441. The van der Waals surface area contributed by atoms with Gasteiger partial charge in [-0.05, 0) is 80.0 Å². The molecule has 8 atom stereocenters. The summed E-state index contributed by atoms with van der Waals surface area (Å²) in [6, 6.07) is 18.1. The molecular formula is C29H33NO4. The van der Waals surface area contributed by atoms with Gasteiger partial charge >= 0.3 is 11.9 Å². The van der Waals surface area contributed by atoms with Gasteiger partial charge in [-0.25, -0.2) is 9.59 Å². The Morgan fingerprint density at radius 2 is 1.09 bits per heavy atom. The Balaban J connectivity index is 1.40. The first kappa shape index (κ1) is 21.8. The van der Waals surface area contributed by atoms with Gasteiger partial charge in [0, 0.05) is 0 Å². The predicted octanol–water partition coefficient (Wildman–Crippen LogP) is 5.01. The highest BCUT2D eigenvalue weighted by Crippen LogP contribution is 2.77. The summed E-state index contributed by atoms with van der Waals surface area (Å²) in [4.78, 5) is 26.5. The Morgan fingerprint density at radius 1 is 0.706 bits per heavy atom. The highest BCUT2D eigenvalue weighted by atomic mass is 16.6. The number of hydrogen-bond acceptors (Lipinski definition) is 5. The highest BCUT2D eigenvalue weighted by Gasteiger charge is 2.82. The van der Waals surface area contributed by atoms with Gasteiger partial charge in [0.25, 0.3) is 0 Å². The van der Waals surface area contributed by atoms with Crippen LogP contribution in [-0.4, -0.2) is 35.2 Å². The van der Waals surface area contributed by atoms with E-state index >= 15 is 0 Å². The zero-order valence-corrected chi connectivity index (χ0v) is 20.3. The second kappa shape index (κ2) is 6.94. The van der Waals surface area contributed by atoms with Crippen molar-refractivity contribution in [3.05, 3.63) is 71.8 Å². The van der Waals surface area contributed by atoms with Gasteiger partial charge in [0.1, 0.15) is 0 Å². The number of hydrogen-bond donors (Lipinski definition) is 1. The second-order valence-corrected chi connectivity index (χ2v) is 12.0. The van der Waals surface area contributed by atoms with Crippen molar-refractivity contribution in [3.8, 4) is 0 Å². The third-order valence-electron chi connectivity index (χ3n) is 9.68. The van der Waals surface area contributed by atoms with E-state index in [2.05, 4.69) is 33.0 Å². The van der Waals surface area contributed by atoms with E-state index in [0.29, 0.717) is 23.0 Å². The van der Waals surface area contributed by atoms with Crippen molar-refractivity contribution in [3.63, 3.8) is 0 Å². The zero-order chi connectivity index (χ0) is 23.9. The van der Waals surface area contributed by atoms with E-state index in [-0.39, 0.29) is 22.8 Å². The number of esters is 2. The molecule has 0 amide bonds. The standard InChI is InChI=1S/C29H33NO4/c1-26-15-16-27(2,17-26)21-20(26)28(3)22(33-24(31)18-11-7-5-8-12-18)23(29(21,4)30-28)34-25(32)19-13-9-6-10-14-19/h5-14,20-23,30H,15-17H2,1-4H3. The zero-order valence-electron chi connectivity index (χ0n) is 20.3. The van der Waals surface area contributed by atoms with Crippen molar-refractivity contribution in [2.75, 3.05) is 0 Å². The summed E-state index contributed by atoms with van der Waals surface area (Å²) in [6.45, 7) is 9.18. The topological polar surface area (TPSA) is 64.6 Å². The monoisotopic (exact) mass is 459 g/mol. The van der Waals surface area contributed by atoms with Crippen LogP contribution in [0.1, 0.15) is 67.7 Å². The number of ether oxygens (including phenoxy) is 2. The van der Waals surface area contributed by atoms with Gasteiger partial charge in [0.2, 0.25) is 0 Å². The van der Waals surface area contributed by atoms with Crippen LogP contribution in [0.25, 0.3) is 0 Å². The van der Waals surface area contributed by atoms with E-state index in [1.165, 1.54) is 19.3 Å². The molecule has 1 N–H and O–H groups in total. The minimum atomic E-state index is -0.570. The lowest BCUT2D eigenvalue weighted by atomic mass is 9.53. The highest BCUT2D eigenvalue weighted by molar-refractivity contribution is 5.90. The van der Waals surface area contributed by atoms with Gasteiger partial charge in [-0.3, -0.25) is 5.32 Å². The van der Waals surface area contributed by atoms with Crippen molar-refractivity contribution in [1.29, 1.82) is 0 Å². The second-order valence-electron chi connectivity index (χ2n) is 12.0. The van der Waals surface area contributed by atoms with E-state index in [1.54, 1.807) is 24.3 Å². The lowest BCUT2D eigenvalue weighted by Crippen LogP contribution is -2.62. The van der Waals surface area contributed by atoms with Crippen molar-refractivity contribution in [2.24, 2.45) is 22.7 Å². The van der Waals surface area contributed by atoms with Crippen LogP contribution >= 0.6 is 0 Å². The third kappa shape index (κ3) is 2.76. The fraction of sp³-hybridized carbons (Fsp3) is 0.517. The molecule has 0 aromatic heterocycles. The molecule has 2 saturated heterocycles. The Kier molecular flexibility index (Phi) is 4.46. The fourth-order valence-corrected chi connectivity index (χ4v) is 8.89. The quantitative estimate of drug-likeness (QED) is 0.651. The molecule has 2 aromatic rings. The molecule has 0 spiro atoms. The lowest BCUT2D eigenvalue weighted by molar-refractivity contribution is -0.115. The molecule has 2 saturated carbocycles. The van der Waals surface area contributed by atoms with Crippen molar-refractivity contribution >= 4 is 11.9 Å². The van der Waals surface area contributed by atoms with Crippen LogP contribution in [-0.2, 0) is 9.47 Å². The van der Waals surface area contributed by atoms with E-state index < -0.39 is 23.3 Å². The minimum Gasteiger partial charge on any atom is -0.453 e. The third-order valence-corrected chi connectivity index (χ3v) is 9.68. The molecule has 4 fully saturated rings. The molecule has 0 radical (unpaired) electrons. The van der Waals surface area contributed by atoms with Gasteiger partial charge in [-0.15, -0.1) is 0 Å². The number of benzene rings is 2. The number of carbonyl (C=O) groups excluding carboxylic acids is 2. The molecule has 2 aromatic carbocycles. The van der Waals surface area contributed by atoms with Crippen LogP contribution in [0, 0.1) is 22.7 Å². The van der Waals surface area contributed by atoms with Crippen molar-refractivity contribution in [1.82, 2.24) is 5.32 Å². The Hall–Kier alpha value is -2.66. The Morgan fingerprint density at radius 3 is 1.47 bits per heavy atom. The maximum atomic E-state index is 13.2. The minimum absolute atomic E-state index is 0.185. The normalized spacial score (nSPS) is 43.5. The molecule has 5 nitrogen and oxygen atoms in total. The summed E-state index contributed by atoms with van der Waals surface area (Å²) < 4.78 is 12.5. The van der Waals surface area contributed by atoms with Gasteiger partial charge in [0.15, 0.2) is 12.2 Å². The molecule has 8 unspecified atom stereocenters. The first-order chi connectivity index (χ1) is 16.1. The number of rotatable bonds is 4. The van der Waals surface area contributed by atoms with E-state index in [0.717, 1.165) is 0 Å². The molecule has 5 heteroatoms. The smallest absolute Gasteiger partial charge is 0.338 e. The first-order valence-corrected chi connectivity index (χ1v) is 12.4. The van der Waals surface area contributed by atoms with Crippen LogP contribution in [0.15, 0.2) is 60.7 Å². The van der Waals surface area contributed by atoms with E-state index in [1.807, 2.05) is 36.4 Å². The Labute approximate surface area is 201 Å². The maximum Gasteiger partial charge on any atom is 0.338 e. The molecule has 178 valence electrons. The largest absolute Gasteiger partial charge is 0.453 e. The van der Waals surface area contributed by atoms with Crippen LogP contribution < -0.4 is 5.32 Å². The summed E-state index contributed by atoms with van der Waals surface area (Å²) in [7, 11) is 0. The van der Waals surface area contributed by atoms with Crippen molar-refractivity contribution in [2.45, 2.75) is 70.2 Å². The number of nitrogens with one attached hydrogen (secondary N) is 1. The van der Waals surface area contributed by atoms with Crippen LogP contribution in [0.4, 0.5) is 0 Å². The number of fused-ring (bicyclic) bond motifs is 9. The average molecular weight is 460 g/mol. The van der Waals surface area contributed by atoms with Crippen LogP contribution in [0.5, 0.6) is 0 Å². The Bertz CT molecular complexity index is 1060. The van der Waals surface area contributed by atoms with E-state index in [9.17, 15) is 9.59 Å². The van der Waals surface area contributed by atoms with Gasteiger partial charge < -0.3 is 9.47 Å². The molecule has 34 heavy (non-hydrogen) atoms. The summed E-state index contributed by atoms with van der Waals surface area (Å²) in [6.07, 6.45) is 2.40. The molecule has 4 aliphatic rings. The first-order valence-electron chi connectivity index (χ1n) is 12.4. The van der Waals surface area contributed by atoms with Crippen LogP contribution in [0.3, 0.4) is 0 Å². The van der Waals surface area contributed by atoms with Crippen molar-refractivity contribution < 1.29 is 19.1 Å². The molecule has 2 heterocycles. The van der Waals surface area contributed by atoms with Gasteiger partial charge in [-0.1, -0.05) is 50.2 Å². The fourth-order valence-electron chi connectivity index (χ4n) is 8.89. The lowest BCUT2D eigenvalue weighted by Gasteiger charge is -2.52. The number of carbonyl (C=O) groups is 2. The molecule has 2 aliphatic heterocycles. The molecular weight excluding hydrogens is 426 g/mol. The summed E-state index contributed by atoms with van der Waals surface area (Å²) >= 11 is 0. The van der Waals surface area contributed by atoms with Gasteiger partial charge in [-0.2, -0.15) is 0 Å². The molecule has 6 rings (SSSR count). The van der Waals surface area contributed by atoms with E-state index in [4.69, 9.17) is 9.47 Å². The summed E-state index contributed by atoms with van der Waals surface area (Å²) in [5.74, 6) is -0.0452. The predicted molar refractivity (Wildman–Crippen MR) is 128 cm³/mol. The van der Waals surface area contributed by atoms with Gasteiger partial charge in [0.05, 0.1) is 22.2 Å². The van der Waals surface area contributed by atoms with Crippen LogP contribution in [0.2, 0.25) is 0 Å². The average Bonchev–Trinajstić information content (AvgIpc) is 3.44.